The van der Waals surface area contributed by atoms with Gasteiger partial charge in [-0.25, -0.2) is 17.5 Å². The minimum Gasteiger partial charge on any atom is -0.325 e. The monoisotopic (exact) mass is 334 g/mol. The second-order valence-electron chi connectivity index (χ2n) is 5.38. The number of rotatable bonds is 4. The molecule has 23 heavy (non-hydrogen) atoms. The van der Waals surface area contributed by atoms with Gasteiger partial charge in [-0.15, -0.1) is 0 Å². The summed E-state index contributed by atoms with van der Waals surface area (Å²) < 4.78 is 40.7. The largest absolute Gasteiger partial charge is 0.325 e. The number of hydrogen-bond donors (Lipinski definition) is 2. The van der Waals surface area contributed by atoms with E-state index in [1.54, 1.807) is 25.1 Å². The number of amides is 1. The van der Waals surface area contributed by atoms with Gasteiger partial charge in [0, 0.05) is 17.8 Å². The van der Waals surface area contributed by atoms with Gasteiger partial charge in [0.25, 0.3) is 0 Å². The predicted molar refractivity (Wildman–Crippen MR) is 83.9 cm³/mol. The molecular weight excluding hydrogens is 319 g/mol. The molecule has 120 valence electrons. The van der Waals surface area contributed by atoms with E-state index in [1.165, 1.54) is 24.3 Å². The lowest BCUT2D eigenvalue weighted by molar-refractivity contribution is -0.116. The molecule has 0 unspecified atom stereocenters. The Balaban J connectivity index is 1.84. The fourth-order valence-electron chi connectivity index (χ4n) is 2.46. The van der Waals surface area contributed by atoms with Crippen molar-refractivity contribution >= 4 is 21.6 Å². The molecule has 0 saturated heterocycles. The zero-order valence-corrected chi connectivity index (χ0v) is 13.2. The van der Waals surface area contributed by atoms with Gasteiger partial charge in [0.2, 0.25) is 15.9 Å². The van der Waals surface area contributed by atoms with E-state index in [-0.39, 0.29) is 22.9 Å². The average Bonchev–Trinajstić information content (AvgIpc) is 2.81. The molecule has 0 radical (unpaired) electrons. The van der Waals surface area contributed by atoms with E-state index in [0.717, 1.165) is 0 Å². The SMILES string of the molecule is C[C@@H]1C(=O)Nc2ccc(S(=O)(=O)NCc3ccccc3F)cc21. The number of halogens is 1. The molecule has 2 aromatic carbocycles. The van der Waals surface area contributed by atoms with Crippen LogP contribution in [0, 0.1) is 5.82 Å². The Hall–Kier alpha value is -2.25. The number of anilines is 1. The molecule has 0 bridgehead atoms. The van der Waals surface area contributed by atoms with Gasteiger partial charge >= 0.3 is 0 Å². The lowest BCUT2D eigenvalue weighted by Gasteiger charge is -2.09. The molecule has 0 aromatic heterocycles. The molecule has 5 nitrogen and oxygen atoms in total. The Labute approximate surface area is 133 Å². The number of sulfonamides is 1. The van der Waals surface area contributed by atoms with Crippen LogP contribution in [0.25, 0.3) is 0 Å². The lowest BCUT2D eigenvalue weighted by atomic mass is 10.0. The van der Waals surface area contributed by atoms with Gasteiger partial charge in [-0.1, -0.05) is 18.2 Å². The summed E-state index contributed by atoms with van der Waals surface area (Å²) in [6.07, 6.45) is 0. The second kappa shape index (κ2) is 5.75. The highest BCUT2D eigenvalue weighted by Gasteiger charge is 2.28. The zero-order chi connectivity index (χ0) is 16.6. The van der Waals surface area contributed by atoms with Crippen molar-refractivity contribution in [2.75, 3.05) is 5.32 Å². The molecule has 1 aliphatic rings. The Morgan fingerprint density at radius 2 is 1.96 bits per heavy atom. The first-order valence-corrected chi connectivity index (χ1v) is 8.55. The minimum absolute atomic E-state index is 0.0518. The Morgan fingerprint density at radius 1 is 1.22 bits per heavy atom. The summed E-state index contributed by atoms with van der Waals surface area (Å²) in [6.45, 7) is 1.57. The van der Waals surface area contributed by atoms with Crippen molar-refractivity contribution in [3.05, 3.63) is 59.4 Å². The molecule has 1 heterocycles. The van der Waals surface area contributed by atoms with Gasteiger partial charge in [-0.05, 0) is 36.8 Å². The van der Waals surface area contributed by atoms with Crippen molar-refractivity contribution in [3.63, 3.8) is 0 Å². The quantitative estimate of drug-likeness (QED) is 0.901. The minimum atomic E-state index is -3.79. The van der Waals surface area contributed by atoms with E-state index in [9.17, 15) is 17.6 Å². The lowest BCUT2D eigenvalue weighted by Crippen LogP contribution is -2.23. The summed E-state index contributed by atoms with van der Waals surface area (Å²) in [5, 5.41) is 2.69. The van der Waals surface area contributed by atoms with Crippen molar-refractivity contribution in [2.24, 2.45) is 0 Å². The first-order valence-electron chi connectivity index (χ1n) is 7.06. The average molecular weight is 334 g/mol. The smallest absolute Gasteiger partial charge is 0.240 e. The fraction of sp³-hybridized carbons (Fsp3) is 0.188. The summed E-state index contributed by atoms with van der Waals surface area (Å²) in [5.74, 6) is -1.02. The molecule has 0 spiro atoms. The van der Waals surface area contributed by atoms with Gasteiger partial charge in [-0.2, -0.15) is 0 Å². The van der Waals surface area contributed by atoms with E-state index in [2.05, 4.69) is 10.0 Å². The van der Waals surface area contributed by atoms with Crippen LogP contribution in [0.4, 0.5) is 10.1 Å². The van der Waals surface area contributed by atoms with Gasteiger partial charge in [0.05, 0.1) is 10.8 Å². The van der Waals surface area contributed by atoms with Crippen LogP contribution >= 0.6 is 0 Å². The molecule has 1 atom stereocenters. The fourth-order valence-corrected chi connectivity index (χ4v) is 3.50. The number of carbonyl (C=O) groups is 1. The van der Waals surface area contributed by atoms with E-state index in [4.69, 9.17) is 0 Å². The third kappa shape index (κ3) is 2.97. The van der Waals surface area contributed by atoms with Crippen molar-refractivity contribution in [1.82, 2.24) is 4.72 Å². The number of fused-ring (bicyclic) bond motifs is 1. The molecule has 0 fully saturated rings. The van der Waals surface area contributed by atoms with E-state index in [1.807, 2.05) is 0 Å². The Morgan fingerprint density at radius 3 is 2.70 bits per heavy atom. The first kappa shape index (κ1) is 15.6. The van der Waals surface area contributed by atoms with E-state index in [0.29, 0.717) is 11.3 Å². The maximum Gasteiger partial charge on any atom is 0.240 e. The van der Waals surface area contributed by atoms with E-state index >= 15 is 0 Å². The van der Waals surface area contributed by atoms with Crippen molar-refractivity contribution in [1.29, 1.82) is 0 Å². The molecule has 2 aromatic rings. The summed E-state index contributed by atoms with van der Waals surface area (Å²) >= 11 is 0. The van der Waals surface area contributed by atoms with Crippen molar-refractivity contribution < 1.29 is 17.6 Å². The van der Waals surface area contributed by atoms with Crippen molar-refractivity contribution in [3.8, 4) is 0 Å². The molecular formula is C16H15FN2O3S. The van der Waals surface area contributed by atoms with Crippen LogP contribution < -0.4 is 10.0 Å². The zero-order valence-electron chi connectivity index (χ0n) is 12.3. The van der Waals surface area contributed by atoms with Crippen molar-refractivity contribution in [2.45, 2.75) is 24.3 Å². The van der Waals surface area contributed by atoms with Crippen LogP contribution in [-0.4, -0.2) is 14.3 Å². The van der Waals surface area contributed by atoms with Gasteiger partial charge in [-0.3, -0.25) is 4.79 Å². The Bertz CT molecular complexity index is 881. The topological polar surface area (TPSA) is 75.3 Å². The highest BCUT2D eigenvalue weighted by atomic mass is 32.2. The third-order valence-corrected chi connectivity index (χ3v) is 5.26. The normalized spacial score (nSPS) is 17.0. The second-order valence-corrected chi connectivity index (χ2v) is 7.14. The van der Waals surface area contributed by atoms with Gasteiger partial charge in [0.1, 0.15) is 5.82 Å². The highest BCUT2D eigenvalue weighted by Crippen LogP contribution is 2.33. The highest BCUT2D eigenvalue weighted by molar-refractivity contribution is 7.89. The maximum absolute atomic E-state index is 13.6. The summed E-state index contributed by atoms with van der Waals surface area (Å²) in [4.78, 5) is 11.7. The molecule has 7 heteroatoms. The summed E-state index contributed by atoms with van der Waals surface area (Å²) in [7, 11) is -3.79. The van der Waals surface area contributed by atoms with Crippen LogP contribution in [0.15, 0.2) is 47.4 Å². The Kier molecular flexibility index (Phi) is 3.91. The molecule has 0 saturated carbocycles. The first-order chi connectivity index (χ1) is 10.9. The molecule has 1 amide bonds. The number of carbonyl (C=O) groups excluding carboxylic acids is 1. The number of benzene rings is 2. The number of nitrogens with one attached hydrogen (secondary N) is 2. The molecule has 1 aliphatic heterocycles. The van der Waals surface area contributed by atoms with Crippen LogP contribution in [0.2, 0.25) is 0 Å². The van der Waals surface area contributed by atoms with Crippen LogP contribution in [0.5, 0.6) is 0 Å². The summed E-state index contributed by atoms with van der Waals surface area (Å²) in [5.41, 5.74) is 1.53. The third-order valence-electron chi connectivity index (χ3n) is 3.86. The predicted octanol–water partition coefficient (Wildman–Crippen LogP) is 2.36. The van der Waals surface area contributed by atoms with Gasteiger partial charge < -0.3 is 5.32 Å². The summed E-state index contributed by atoms with van der Waals surface area (Å²) in [6, 6.07) is 10.4. The molecule has 3 rings (SSSR count). The maximum atomic E-state index is 13.6. The molecule has 2 N–H and O–H groups in total. The van der Waals surface area contributed by atoms with Crippen LogP contribution in [0.3, 0.4) is 0 Å². The number of hydrogen-bond acceptors (Lipinski definition) is 3. The molecule has 0 aliphatic carbocycles. The standard InChI is InChI=1S/C16H15FN2O3S/c1-10-13-8-12(6-7-15(13)19-16(10)20)23(21,22)18-9-11-4-2-3-5-14(11)17/h2-8,10,18H,9H2,1H3,(H,19,20)/t10-/m0/s1. The van der Waals surface area contributed by atoms with E-state index < -0.39 is 21.8 Å². The van der Waals surface area contributed by atoms with Crippen LogP contribution in [-0.2, 0) is 21.4 Å². The van der Waals surface area contributed by atoms with Crippen LogP contribution in [0.1, 0.15) is 24.0 Å². The van der Waals surface area contributed by atoms with Gasteiger partial charge in [0.15, 0.2) is 0 Å².